The van der Waals surface area contributed by atoms with Crippen molar-refractivity contribution in [3.8, 4) is 11.5 Å². The molecule has 2 aromatic rings. The minimum Gasteiger partial charge on any atom is -0.465 e. The van der Waals surface area contributed by atoms with Gasteiger partial charge in [0.15, 0.2) is 16.4 Å². The fourth-order valence-electron chi connectivity index (χ4n) is 2.33. The molecule has 0 fully saturated rings. The van der Waals surface area contributed by atoms with Crippen LogP contribution in [0.25, 0.3) is 0 Å². The molecule has 7 nitrogen and oxygen atoms in total. The van der Waals surface area contributed by atoms with Gasteiger partial charge in [-0.2, -0.15) is 0 Å². The maximum Gasteiger partial charge on any atom is 0.351 e. The lowest BCUT2D eigenvalue weighted by molar-refractivity contribution is -0.135. The molecule has 3 rings (SSSR count). The van der Waals surface area contributed by atoms with E-state index in [0.29, 0.717) is 17.2 Å². The van der Waals surface area contributed by atoms with Gasteiger partial charge in [-0.25, -0.2) is 13.2 Å². The molecule has 0 aliphatic carbocycles. The smallest absolute Gasteiger partial charge is 0.351 e. The van der Waals surface area contributed by atoms with Crippen molar-refractivity contribution in [2.75, 3.05) is 19.2 Å². The second-order valence-electron chi connectivity index (χ2n) is 5.53. The van der Waals surface area contributed by atoms with Crippen molar-refractivity contribution >= 4 is 21.5 Å². The fraction of sp³-hybridized carbons (Fsp3) is 0.167. The Labute approximate surface area is 151 Å². The average Bonchev–Trinajstić information content (AvgIpc) is 3.09. The van der Waals surface area contributed by atoms with Gasteiger partial charge >= 0.3 is 5.97 Å². The third-order valence-electron chi connectivity index (χ3n) is 3.75. The van der Waals surface area contributed by atoms with Gasteiger partial charge < -0.3 is 19.5 Å². The fourth-order valence-corrected chi connectivity index (χ4v) is 3.59. The molecule has 2 aromatic carbocycles. The van der Waals surface area contributed by atoms with Crippen molar-refractivity contribution in [1.82, 2.24) is 0 Å². The van der Waals surface area contributed by atoms with Gasteiger partial charge in [0.05, 0.1) is 12.0 Å². The number of esters is 1. The molecule has 0 bridgehead atoms. The van der Waals surface area contributed by atoms with Gasteiger partial charge in [-0.05, 0) is 31.2 Å². The highest BCUT2D eigenvalue weighted by Gasteiger charge is 2.28. The summed E-state index contributed by atoms with van der Waals surface area (Å²) in [6.45, 7) is 1.97. The molecule has 0 radical (unpaired) electrons. The van der Waals surface area contributed by atoms with Crippen LogP contribution in [0.5, 0.6) is 11.5 Å². The van der Waals surface area contributed by atoms with Crippen molar-refractivity contribution in [3.05, 3.63) is 59.1 Å². The highest BCUT2D eigenvalue weighted by Crippen LogP contribution is 2.34. The zero-order valence-electron chi connectivity index (χ0n) is 14.2. The van der Waals surface area contributed by atoms with Gasteiger partial charge in [0, 0.05) is 18.0 Å². The first-order valence-electron chi connectivity index (χ1n) is 7.68. The Balaban J connectivity index is 1.94. The van der Waals surface area contributed by atoms with E-state index in [1.807, 2.05) is 6.92 Å². The highest BCUT2D eigenvalue weighted by atomic mass is 32.2. The number of benzene rings is 2. The van der Waals surface area contributed by atoms with Crippen molar-refractivity contribution in [2.24, 2.45) is 0 Å². The lowest BCUT2D eigenvalue weighted by atomic mass is 10.2. The quantitative estimate of drug-likeness (QED) is 0.634. The van der Waals surface area contributed by atoms with E-state index in [1.165, 1.54) is 12.1 Å². The van der Waals surface area contributed by atoms with Crippen LogP contribution in [0.2, 0.25) is 0 Å². The van der Waals surface area contributed by atoms with E-state index < -0.39 is 20.7 Å². The van der Waals surface area contributed by atoms with Gasteiger partial charge in [-0.1, -0.05) is 17.7 Å². The Morgan fingerprint density at radius 1 is 1.12 bits per heavy atom. The minimum absolute atomic E-state index is 0.00670. The number of nitrogens with one attached hydrogen (secondary N) is 1. The zero-order chi connectivity index (χ0) is 18.7. The van der Waals surface area contributed by atoms with Crippen LogP contribution >= 0.6 is 0 Å². The van der Waals surface area contributed by atoms with Gasteiger partial charge in [0.25, 0.3) is 0 Å². The van der Waals surface area contributed by atoms with E-state index in [4.69, 9.17) is 9.47 Å². The largest absolute Gasteiger partial charge is 0.465 e. The minimum atomic E-state index is -4.04. The van der Waals surface area contributed by atoms with E-state index in [1.54, 1.807) is 30.3 Å². The van der Waals surface area contributed by atoms with Gasteiger partial charge in [0.2, 0.25) is 16.6 Å². The molecule has 0 spiro atoms. The Bertz CT molecular complexity index is 964. The Kier molecular flexibility index (Phi) is 4.85. The summed E-state index contributed by atoms with van der Waals surface area (Å²) in [4.78, 5) is 11.6. The molecule has 1 heterocycles. The molecule has 1 aliphatic heterocycles. The number of ether oxygens (including phenoxy) is 3. The van der Waals surface area contributed by atoms with E-state index in [2.05, 4.69) is 10.1 Å². The van der Waals surface area contributed by atoms with Crippen molar-refractivity contribution < 1.29 is 27.4 Å². The topological polar surface area (TPSA) is 90.9 Å². The second-order valence-corrected chi connectivity index (χ2v) is 7.45. The molecule has 8 heteroatoms. The van der Waals surface area contributed by atoms with Crippen LogP contribution < -0.4 is 14.8 Å². The molecule has 0 saturated carbocycles. The molecular weight excluding hydrogens is 358 g/mol. The van der Waals surface area contributed by atoms with Gasteiger partial charge in [-0.15, -0.1) is 0 Å². The summed E-state index contributed by atoms with van der Waals surface area (Å²) in [7, 11) is -2.92. The normalized spacial score (nSPS) is 13.4. The SMILES string of the molecule is COC(=O)C(=CNc1ccc2c(c1)OCO2)S(=O)(=O)c1ccc(C)cc1. The number of carbonyl (C=O) groups is 1. The summed E-state index contributed by atoms with van der Waals surface area (Å²) >= 11 is 0. The Hall–Kier alpha value is -3.00. The van der Waals surface area contributed by atoms with E-state index in [9.17, 15) is 13.2 Å². The molecule has 0 aromatic heterocycles. The monoisotopic (exact) mass is 375 g/mol. The van der Waals surface area contributed by atoms with E-state index in [0.717, 1.165) is 18.9 Å². The van der Waals surface area contributed by atoms with E-state index >= 15 is 0 Å². The highest BCUT2D eigenvalue weighted by molar-refractivity contribution is 7.96. The molecule has 0 unspecified atom stereocenters. The van der Waals surface area contributed by atoms with E-state index in [-0.39, 0.29) is 11.7 Å². The second kappa shape index (κ2) is 7.09. The Morgan fingerprint density at radius 2 is 1.81 bits per heavy atom. The molecule has 1 N–H and O–H groups in total. The third-order valence-corrected chi connectivity index (χ3v) is 5.51. The van der Waals surface area contributed by atoms with Crippen LogP contribution in [0.4, 0.5) is 5.69 Å². The summed E-state index contributed by atoms with van der Waals surface area (Å²) in [6, 6.07) is 11.2. The number of rotatable bonds is 5. The lowest BCUT2D eigenvalue weighted by Crippen LogP contribution is -2.17. The standard InChI is InChI=1S/C18H17NO6S/c1-12-3-6-14(7-4-12)26(21,22)17(18(20)23-2)10-19-13-5-8-15-16(9-13)25-11-24-15/h3-10,19H,11H2,1-2H3. The number of methoxy groups -OCH3 is 1. The average molecular weight is 375 g/mol. The lowest BCUT2D eigenvalue weighted by Gasteiger charge is -2.09. The number of hydrogen-bond acceptors (Lipinski definition) is 7. The van der Waals surface area contributed by atoms with Crippen LogP contribution in [-0.4, -0.2) is 28.3 Å². The molecular formula is C18H17NO6S. The predicted molar refractivity (Wildman–Crippen MR) is 94.7 cm³/mol. The predicted octanol–water partition coefficient (Wildman–Crippen LogP) is 2.62. The number of fused-ring (bicyclic) bond motifs is 1. The van der Waals surface area contributed by atoms with Crippen LogP contribution in [-0.2, 0) is 19.4 Å². The number of aryl methyl sites for hydroxylation is 1. The van der Waals surface area contributed by atoms with Crippen molar-refractivity contribution in [2.45, 2.75) is 11.8 Å². The van der Waals surface area contributed by atoms with Crippen LogP contribution in [0.15, 0.2) is 58.5 Å². The molecule has 0 saturated heterocycles. The first-order chi connectivity index (χ1) is 12.4. The van der Waals surface area contributed by atoms with Gasteiger partial charge in [-0.3, -0.25) is 0 Å². The maximum absolute atomic E-state index is 12.8. The van der Waals surface area contributed by atoms with Crippen LogP contribution in [0.3, 0.4) is 0 Å². The maximum atomic E-state index is 12.8. The van der Waals surface area contributed by atoms with Crippen molar-refractivity contribution in [1.29, 1.82) is 0 Å². The summed E-state index contributed by atoms with van der Waals surface area (Å²) in [6.07, 6.45) is 1.11. The molecule has 26 heavy (non-hydrogen) atoms. The van der Waals surface area contributed by atoms with Crippen molar-refractivity contribution in [3.63, 3.8) is 0 Å². The summed E-state index contributed by atoms with van der Waals surface area (Å²) < 4.78 is 40.7. The van der Waals surface area contributed by atoms with Crippen LogP contribution in [0.1, 0.15) is 5.56 Å². The molecule has 0 amide bonds. The zero-order valence-corrected chi connectivity index (χ0v) is 15.0. The number of sulfone groups is 1. The third kappa shape index (κ3) is 3.50. The number of carbonyl (C=O) groups excluding carboxylic acids is 1. The summed E-state index contributed by atoms with van der Waals surface area (Å²) in [5.41, 5.74) is 1.45. The summed E-state index contributed by atoms with van der Waals surface area (Å²) in [5.74, 6) is 0.170. The molecule has 1 aliphatic rings. The summed E-state index contributed by atoms with van der Waals surface area (Å²) in [5, 5.41) is 2.80. The number of anilines is 1. The Morgan fingerprint density at radius 3 is 2.50 bits per heavy atom. The molecule has 136 valence electrons. The first-order valence-corrected chi connectivity index (χ1v) is 9.16. The van der Waals surface area contributed by atoms with Crippen LogP contribution in [0, 0.1) is 6.92 Å². The molecule has 0 atom stereocenters. The number of hydrogen-bond donors (Lipinski definition) is 1. The first kappa shape index (κ1) is 17.8. The van der Waals surface area contributed by atoms with Gasteiger partial charge in [0.1, 0.15) is 0 Å².